The first-order valence-electron chi connectivity index (χ1n) is 8.18. The van der Waals surface area contributed by atoms with E-state index in [9.17, 15) is 10.1 Å². The number of nitrogens with two attached hydrogens (primary N) is 1. The summed E-state index contributed by atoms with van der Waals surface area (Å²) in [5, 5.41) is 12.3. The van der Waals surface area contributed by atoms with Crippen LogP contribution >= 0.6 is 0 Å². The van der Waals surface area contributed by atoms with Gasteiger partial charge in [-0.15, -0.1) is 0 Å². The van der Waals surface area contributed by atoms with Crippen molar-refractivity contribution in [3.63, 3.8) is 0 Å². The predicted octanol–water partition coefficient (Wildman–Crippen LogP) is 2.63. The molecule has 3 aliphatic rings. The van der Waals surface area contributed by atoms with Crippen molar-refractivity contribution >= 4 is 22.8 Å². The fourth-order valence-electron chi connectivity index (χ4n) is 4.84. The molecule has 0 aliphatic carbocycles. The highest BCUT2D eigenvalue weighted by atomic mass is 16.6. The summed E-state index contributed by atoms with van der Waals surface area (Å²) in [6.45, 7) is 2.06. The van der Waals surface area contributed by atoms with Gasteiger partial charge in [0.25, 0.3) is 5.69 Å². The van der Waals surface area contributed by atoms with E-state index in [1.165, 1.54) is 12.1 Å². The zero-order chi connectivity index (χ0) is 15.7. The van der Waals surface area contributed by atoms with E-state index in [2.05, 4.69) is 9.47 Å². The Morgan fingerprint density at radius 2 is 2.17 bits per heavy atom. The molecule has 1 aromatic heterocycles. The first-order chi connectivity index (χ1) is 11.2. The van der Waals surface area contributed by atoms with Gasteiger partial charge in [-0.2, -0.15) is 0 Å². The van der Waals surface area contributed by atoms with Gasteiger partial charge in [0.2, 0.25) is 0 Å². The van der Waals surface area contributed by atoms with Gasteiger partial charge >= 0.3 is 0 Å². The monoisotopic (exact) mass is 310 g/mol. The average Bonchev–Trinajstić information content (AvgIpc) is 2.89. The number of nitro benzene ring substituents is 1. The smallest absolute Gasteiger partial charge is 0.279 e. The number of hydrogen-bond acceptors (Lipinski definition) is 4. The summed E-state index contributed by atoms with van der Waals surface area (Å²) in [6.07, 6.45) is 5.15. The number of nitro groups is 1. The van der Waals surface area contributed by atoms with E-state index in [1.807, 2.05) is 12.3 Å². The van der Waals surface area contributed by atoms with Crippen molar-refractivity contribution in [1.82, 2.24) is 9.47 Å². The second kappa shape index (κ2) is 4.35. The Hall–Kier alpha value is -2.34. The van der Waals surface area contributed by atoms with E-state index >= 15 is 0 Å². The second-order valence-corrected chi connectivity index (χ2v) is 6.77. The van der Waals surface area contributed by atoms with E-state index in [0.717, 1.165) is 48.1 Å². The molecular weight excluding hydrogens is 292 g/mol. The van der Waals surface area contributed by atoms with Gasteiger partial charge in [0, 0.05) is 36.1 Å². The predicted molar refractivity (Wildman–Crippen MR) is 87.8 cm³/mol. The van der Waals surface area contributed by atoms with E-state index in [4.69, 9.17) is 5.73 Å². The highest BCUT2D eigenvalue weighted by Crippen LogP contribution is 2.49. The summed E-state index contributed by atoms with van der Waals surface area (Å²) < 4.78 is 2.12. The molecule has 0 radical (unpaired) electrons. The molecule has 3 aliphatic heterocycles. The molecule has 118 valence electrons. The molecule has 1 aromatic carbocycles. The molecule has 0 amide bonds. The Labute approximate surface area is 133 Å². The normalized spacial score (nSPS) is 26.0. The maximum absolute atomic E-state index is 11.5. The van der Waals surface area contributed by atoms with Crippen molar-refractivity contribution in [2.75, 3.05) is 13.1 Å². The van der Waals surface area contributed by atoms with Crippen molar-refractivity contribution in [1.29, 1.82) is 0 Å². The van der Waals surface area contributed by atoms with Gasteiger partial charge in [-0.3, -0.25) is 15.0 Å². The molecule has 23 heavy (non-hydrogen) atoms. The van der Waals surface area contributed by atoms with Crippen LogP contribution in [0.25, 0.3) is 17.1 Å². The van der Waals surface area contributed by atoms with Crippen molar-refractivity contribution in [3.8, 4) is 0 Å². The Morgan fingerprint density at radius 3 is 3.00 bits per heavy atom. The quantitative estimate of drug-likeness (QED) is 0.649. The molecule has 2 N–H and O–H groups in total. The maximum atomic E-state index is 11.5. The van der Waals surface area contributed by atoms with Crippen LogP contribution in [0.1, 0.15) is 30.1 Å². The zero-order valence-electron chi connectivity index (χ0n) is 12.7. The van der Waals surface area contributed by atoms with Gasteiger partial charge in [-0.05, 0) is 37.4 Å². The molecular formula is C17H18N4O2. The molecule has 6 heteroatoms. The maximum Gasteiger partial charge on any atom is 0.279 e. The number of aromatic nitrogens is 1. The van der Waals surface area contributed by atoms with Crippen LogP contribution in [0.5, 0.6) is 0 Å². The number of benzene rings is 1. The van der Waals surface area contributed by atoms with Crippen LogP contribution in [0.4, 0.5) is 5.69 Å². The third-order valence-corrected chi connectivity index (χ3v) is 5.72. The molecule has 2 aromatic rings. The van der Waals surface area contributed by atoms with E-state index < -0.39 is 0 Å². The Kier molecular flexibility index (Phi) is 2.48. The summed E-state index contributed by atoms with van der Waals surface area (Å²) in [7, 11) is 0. The molecule has 0 saturated carbocycles. The van der Waals surface area contributed by atoms with E-state index in [1.54, 1.807) is 12.1 Å². The summed E-state index contributed by atoms with van der Waals surface area (Å²) in [6, 6.07) is 5.63. The van der Waals surface area contributed by atoms with Crippen molar-refractivity contribution in [3.05, 3.63) is 45.3 Å². The first-order valence-corrected chi connectivity index (χ1v) is 8.18. The topological polar surface area (TPSA) is 77.3 Å². The van der Waals surface area contributed by atoms with Crippen LogP contribution in [0, 0.1) is 16.0 Å². The van der Waals surface area contributed by atoms with Crippen LogP contribution < -0.4 is 5.73 Å². The molecule has 0 spiro atoms. The summed E-state index contributed by atoms with van der Waals surface area (Å²) >= 11 is 0. The Morgan fingerprint density at radius 1 is 1.30 bits per heavy atom. The molecule has 1 saturated heterocycles. The van der Waals surface area contributed by atoms with Gasteiger partial charge in [-0.25, -0.2) is 0 Å². The minimum Gasteiger partial charge on any atom is -0.401 e. The number of rotatable bonds is 1. The van der Waals surface area contributed by atoms with E-state index in [-0.39, 0.29) is 16.7 Å². The summed E-state index contributed by atoms with van der Waals surface area (Å²) in [4.78, 5) is 13.8. The van der Waals surface area contributed by atoms with Crippen LogP contribution in [-0.2, 0) is 6.42 Å². The second-order valence-electron chi connectivity index (χ2n) is 6.77. The number of fused-ring (bicyclic) bond motifs is 3. The van der Waals surface area contributed by atoms with Gasteiger partial charge in [0.05, 0.1) is 21.9 Å². The molecule has 6 nitrogen and oxygen atoms in total. The Bertz CT molecular complexity index is 882. The van der Waals surface area contributed by atoms with Crippen molar-refractivity contribution in [2.24, 2.45) is 11.7 Å². The number of non-ortho nitro benzene ring substituents is 1. The van der Waals surface area contributed by atoms with Gasteiger partial charge in [0.15, 0.2) is 0 Å². The van der Waals surface area contributed by atoms with Gasteiger partial charge in [0.1, 0.15) is 0 Å². The molecule has 0 unspecified atom stereocenters. The van der Waals surface area contributed by atoms with Crippen LogP contribution in [0.3, 0.4) is 0 Å². The highest BCUT2D eigenvalue weighted by molar-refractivity contribution is 5.95. The third-order valence-electron chi connectivity index (χ3n) is 5.72. The summed E-state index contributed by atoms with van der Waals surface area (Å²) in [5.41, 5.74) is 10.8. The standard InChI is InChI=1S/C17H18N4O2/c18-12-9-20-13-4-1-5-14(21(22)23)15(13)11-6-8-19-7-2-3-10(12)16(19)17(11)20/h1,4-5,9-10,16H,2-3,6-8,18H2/t10-,16-/m1/s1. The van der Waals surface area contributed by atoms with Gasteiger partial charge in [-0.1, -0.05) is 6.07 Å². The molecule has 2 atom stereocenters. The first kappa shape index (κ1) is 13.1. The SMILES string of the molecule is NC1=Cn2c3c(c4c([N+](=O)[O-])cccc42)CCN2CCC[C@H]1[C@H]32. The lowest BCUT2D eigenvalue weighted by Gasteiger charge is -2.46. The number of piperidine rings is 1. The molecule has 1 fully saturated rings. The Balaban J connectivity index is 1.89. The summed E-state index contributed by atoms with van der Waals surface area (Å²) in [5.74, 6) is 0.346. The lowest BCUT2D eigenvalue weighted by atomic mass is 9.79. The zero-order valence-corrected chi connectivity index (χ0v) is 12.7. The number of hydrogen-bond donors (Lipinski definition) is 1. The lowest BCUT2D eigenvalue weighted by molar-refractivity contribution is -0.383. The number of nitrogens with zero attached hydrogens (tertiary/aromatic N) is 3. The minimum atomic E-state index is -0.261. The van der Waals surface area contributed by atoms with Crippen LogP contribution in [0.15, 0.2) is 23.9 Å². The van der Waals surface area contributed by atoms with Crippen LogP contribution in [-0.4, -0.2) is 27.5 Å². The highest BCUT2D eigenvalue weighted by Gasteiger charge is 2.43. The van der Waals surface area contributed by atoms with Crippen molar-refractivity contribution in [2.45, 2.75) is 25.3 Å². The molecule has 4 heterocycles. The minimum absolute atomic E-state index is 0.215. The van der Waals surface area contributed by atoms with Crippen molar-refractivity contribution < 1.29 is 4.92 Å². The molecule has 0 bridgehead atoms. The van der Waals surface area contributed by atoms with Crippen LogP contribution in [0.2, 0.25) is 0 Å². The lowest BCUT2D eigenvalue weighted by Crippen LogP contribution is -2.46. The van der Waals surface area contributed by atoms with Gasteiger partial charge < -0.3 is 10.3 Å². The fraction of sp³-hybridized carbons (Fsp3) is 0.412. The van der Waals surface area contributed by atoms with E-state index in [0.29, 0.717) is 5.92 Å². The third kappa shape index (κ3) is 1.56. The fourth-order valence-corrected chi connectivity index (χ4v) is 4.84. The largest absolute Gasteiger partial charge is 0.401 e. The molecule has 5 rings (SSSR count). The average molecular weight is 310 g/mol.